The third-order valence-corrected chi connectivity index (χ3v) is 9.83. The predicted octanol–water partition coefficient (Wildman–Crippen LogP) is 4.15. The number of hydrogen-bond acceptors (Lipinski definition) is 7. The molecule has 45 heavy (non-hydrogen) atoms. The summed E-state index contributed by atoms with van der Waals surface area (Å²) in [6, 6.07) is 15.6. The Hall–Kier alpha value is -3.95. The van der Waals surface area contributed by atoms with E-state index in [2.05, 4.69) is 31.9 Å². The van der Waals surface area contributed by atoms with Gasteiger partial charge in [-0.3, -0.25) is 14.4 Å². The van der Waals surface area contributed by atoms with Crippen molar-refractivity contribution < 1.29 is 29.0 Å². The third kappa shape index (κ3) is 5.57. The van der Waals surface area contributed by atoms with E-state index in [0.29, 0.717) is 24.9 Å². The molecule has 2 aromatic rings. The molecule has 1 N–H and O–H groups in total. The maximum atomic E-state index is 15.0. The summed E-state index contributed by atoms with van der Waals surface area (Å²) in [7, 11) is 0. The van der Waals surface area contributed by atoms with Crippen LogP contribution in [0.1, 0.15) is 39.2 Å². The van der Waals surface area contributed by atoms with Gasteiger partial charge in [-0.05, 0) is 69.9 Å². The lowest BCUT2D eigenvalue weighted by atomic mass is 9.66. The zero-order valence-electron chi connectivity index (χ0n) is 26.6. The highest BCUT2D eigenvalue weighted by atomic mass is 16.6. The molecule has 3 aliphatic heterocycles. The number of fused-ring (bicyclic) bond motifs is 1. The van der Waals surface area contributed by atoms with Crippen LogP contribution in [0.2, 0.25) is 0 Å². The molecule has 0 saturated carbocycles. The molecule has 240 valence electrons. The summed E-state index contributed by atoms with van der Waals surface area (Å²) in [5.74, 6) is -3.07. The fourth-order valence-electron chi connectivity index (χ4n) is 7.79. The molecule has 2 amide bonds. The molecule has 0 aliphatic carbocycles. The number of carbonyl (C=O) groups is 3. The molecule has 2 aromatic carbocycles. The van der Waals surface area contributed by atoms with Gasteiger partial charge in [-0.2, -0.15) is 0 Å². The molecule has 0 radical (unpaired) electrons. The van der Waals surface area contributed by atoms with Crippen molar-refractivity contribution in [2.45, 2.75) is 63.3 Å². The van der Waals surface area contributed by atoms with Gasteiger partial charge in [0.15, 0.2) is 0 Å². The van der Waals surface area contributed by atoms with Gasteiger partial charge in [0.2, 0.25) is 5.91 Å². The monoisotopic (exact) mass is 615 g/mol. The fraction of sp³-hybridized carbons (Fsp3) is 0.472. The number of benzene rings is 2. The van der Waals surface area contributed by atoms with E-state index in [1.165, 1.54) is 11.0 Å². The van der Waals surface area contributed by atoms with E-state index in [1.807, 2.05) is 61.5 Å². The first-order chi connectivity index (χ1) is 21.7. The Morgan fingerprint density at radius 1 is 1.07 bits per heavy atom. The lowest BCUT2D eigenvalue weighted by Gasteiger charge is -2.39. The fourth-order valence-corrected chi connectivity index (χ4v) is 7.79. The van der Waals surface area contributed by atoms with E-state index in [-0.39, 0.29) is 31.6 Å². The summed E-state index contributed by atoms with van der Waals surface area (Å²) in [5.41, 5.74) is 0.393. The Labute approximate surface area is 266 Å². The van der Waals surface area contributed by atoms with Crippen molar-refractivity contribution in [1.29, 1.82) is 0 Å². The molecule has 2 unspecified atom stereocenters. The number of ether oxygens (including phenoxy) is 2. The van der Waals surface area contributed by atoms with Crippen LogP contribution in [0.25, 0.3) is 0 Å². The second-order valence-corrected chi connectivity index (χ2v) is 12.3. The summed E-state index contributed by atoms with van der Waals surface area (Å²) in [5, 5.41) is 10.7. The smallest absolute Gasteiger partial charge is 0.313 e. The summed E-state index contributed by atoms with van der Waals surface area (Å²) in [6.45, 7) is 15.1. The molecule has 2 bridgehead atoms. The highest BCUT2D eigenvalue weighted by molar-refractivity contribution is 6.05. The molecule has 6 atom stereocenters. The Kier molecular flexibility index (Phi) is 9.51. The standard InChI is InChI=1S/C36H45N3O6/c1-6-21-38(27-17-15-26(16-18-27)37(8-3)9-4)33(42)31-36-20-19-35(5,45-36)30(34(43)44-22-7-2)29(36)32(41)39(31)28(24-40)23-25-13-11-10-12-14-25/h6-7,10-18,28-31,40H,1-2,8-9,19-24H2,3-5H3/t28-,29+,30-,31?,35+,36?/m1/s1. The van der Waals surface area contributed by atoms with Crippen LogP contribution < -0.4 is 9.80 Å². The average Bonchev–Trinajstić information content (AvgIpc) is 3.63. The van der Waals surface area contributed by atoms with Gasteiger partial charge in [-0.1, -0.05) is 49.1 Å². The molecular weight excluding hydrogens is 570 g/mol. The van der Waals surface area contributed by atoms with E-state index in [0.717, 1.165) is 24.3 Å². The van der Waals surface area contributed by atoms with Crippen LogP contribution in [0.15, 0.2) is 79.9 Å². The molecule has 3 heterocycles. The topological polar surface area (TPSA) is 99.6 Å². The van der Waals surface area contributed by atoms with Crippen molar-refractivity contribution in [3.63, 3.8) is 0 Å². The zero-order valence-corrected chi connectivity index (χ0v) is 26.6. The summed E-state index contributed by atoms with van der Waals surface area (Å²) < 4.78 is 12.3. The Balaban J connectivity index is 1.59. The van der Waals surface area contributed by atoms with Crippen molar-refractivity contribution in [3.8, 4) is 0 Å². The van der Waals surface area contributed by atoms with Gasteiger partial charge in [0.05, 0.1) is 24.2 Å². The Bertz CT molecular complexity index is 1410. The maximum absolute atomic E-state index is 15.0. The average molecular weight is 616 g/mol. The van der Waals surface area contributed by atoms with Gasteiger partial charge in [0.25, 0.3) is 5.91 Å². The molecule has 5 rings (SSSR count). The second-order valence-electron chi connectivity index (χ2n) is 12.3. The highest BCUT2D eigenvalue weighted by Crippen LogP contribution is 2.63. The first-order valence-electron chi connectivity index (χ1n) is 15.9. The minimum absolute atomic E-state index is 0.00919. The third-order valence-electron chi connectivity index (χ3n) is 9.83. The van der Waals surface area contributed by atoms with Crippen molar-refractivity contribution in [3.05, 3.63) is 85.5 Å². The van der Waals surface area contributed by atoms with Crippen molar-refractivity contribution in [1.82, 2.24) is 4.90 Å². The number of carbonyl (C=O) groups excluding carboxylic acids is 3. The largest absolute Gasteiger partial charge is 0.461 e. The van der Waals surface area contributed by atoms with Crippen LogP contribution in [0.4, 0.5) is 11.4 Å². The Morgan fingerprint density at radius 3 is 2.33 bits per heavy atom. The molecule has 9 nitrogen and oxygen atoms in total. The van der Waals surface area contributed by atoms with E-state index >= 15 is 0 Å². The SMILES string of the molecule is C=CCOC(=O)[C@H]1[C@H]2C(=O)N([C@@H](CO)Cc3ccccc3)C(C(=O)N(CC=C)c3ccc(N(CC)CC)cc3)C23CC[C@]1(C)O3. The summed E-state index contributed by atoms with van der Waals surface area (Å²) >= 11 is 0. The summed E-state index contributed by atoms with van der Waals surface area (Å²) in [6.07, 6.45) is 4.39. The van der Waals surface area contributed by atoms with Crippen molar-refractivity contribution in [2.75, 3.05) is 42.6 Å². The van der Waals surface area contributed by atoms with Gasteiger partial charge in [0.1, 0.15) is 24.2 Å². The lowest BCUT2D eigenvalue weighted by Crippen LogP contribution is -2.59. The van der Waals surface area contributed by atoms with Gasteiger partial charge < -0.3 is 29.3 Å². The van der Waals surface area contributed by atoms with Crippen LogP contribution in [-0.4, -0.2) is 83.9 Å². The molecule has 3 fully saturated rings. The number of aliphatic hydroxyl groups is 1. The molecular formula is C36H45N3O6. The number of nitrogens with zero attached hydrogens (tertiary/aromatic N) is 3. The Morgan fingerprint density at radius 2 is 1.73 bits per heavy atom. The number of likely N-dealkylation sites (tertiary alicyclic amines) is 1. The van der Waals surface area contributed by atoms with E-state index < -0.39 is 41.1 Å². The van der Waals surface area contributed by atoms with Crippen LogP contribution in [0, 0.1) is 11.8 Å². The minimum atomic E-state index is -1.26. The van der Waals surface area contributed by atoms with Crippen LogP contribution in [0.5, 0.6) is 0 Å². The number of rotatable bonds is 14. The van der Waals surface area contributed by atoms with Crippen molar-refractivity contribution >= 4 is 29.2 Å². The highest BCUT2D eigenvalue weighted by Gasteiger charge is 2.79. The molecule has 9 heteroatoms. The van der Waals surface area contributed by atoms with Gasteiger partial charge in [-0.15, -0.1) is 6.58 Å². The van der Waals surface area contributed by atoms with Crippen LogP contribution in [0.3, 0.4) is 0 Å². The van der Waals surface area contributed by atoms with Crippen LogP contribution >= 0.6 is 0 Å². The van der Waals surface area contributed by atoms with Gasteiger partial charge in [-0.25, -0.2) is 0 Å². The van der Waals surface area contributed by atoms with E-state index in [4.69, 9.17) is 9.47 Å². The zero-order chi connectivity index (χ0) is 32.4. The normalized spacial score (nSPS) is 27.2. The van der Waals surface area contributed by atoms with Gasteiger partial charge in [0, 0.05) is 31.0 Å². The molecule has 1 spiro atoms. The van der Waals surface area contributed by atoms with E-state index in [1.54, 1.807) is 11.0 Å². The second kappa shape index (κ2) is 13.2. The first-order valence-corrected chi connectivity index (χ1v) is 15.9. The molecule has 3 aliphatic rings. The molecule has 3 saturated heterocycles. The lowest BCUT2D eigenvalue weighted by molar-refractivity contribution is -0.159. The number of hydrogen-bond donors (Lipinski definition) is 1. The number of amides is 2. The minimum Gasteiger partial charge on any atom is -0.461 e. The predicted molar refractivity (Wildman–Crippen MR) is 174 cm³/mol. The number of aliphatic hydroxyl groups excluding tert-OH is 1. The molecule has 0 aromatic heterocycles. The number of anilines is 2. The van der Waals surface area contributed by atoms with E-state index in [9.17, 15) is 19.5 Å². The van der Waals surface area contributed by atoms with Crippen molar-refractivity contribution in [2.24, 2.45) is 11.8 Å². The quantitative estimate of drug-likeness (QED) is 0.252. The maximum Gasteiger partial charge on any atom is 0.313 e. The summed E-state index contributed by atoms with van der Waals surface area (Å²) in [4.78, 5) is 48.4. The van der Waals surface area contributed by atoms with Crippen LogP contribution in [-0.2, 0) is 30.3 Å². The first kappa shape index (κ1) is 32.4. The number of esters is 1. The van der Waals surface area contributed by atoms with Gasteiger partial charge >= 0.3 is 5.97 Å².